The van der Waals surface area contributed by atoms with Gasteiger partial charge in [-0.3, -0.25) is 13.8 Å². The molecule has 6 heteroatoms. The molecule has 2 unspecified atom stereocenters. The van der Waals surface area contributed by atoms with Crippen LogP contribution < -0.4 is 5.73 Å². The zero-order valence-electron chi connectivity index (χ0n) is 9.96. The molecule has 3 N–H and O–H groups in total. The lowest BCUT2D eigenvalue weighted by atomic mass is 10.1. The van der Waals surface area contributed by atoms with Gasteiger partial charge >= 0.3 is 5.97 Å². The van der Waals surface area contributed by atoms with Crippen molar-refractivity contribution >= 4 is 22.7 Å². The smallest absolute Gasteiger partial charge is 0.304 e. The van der Waals surface area contributed by atoms with E-state index in [0.717, 1.165) is 0 Å². The maximum Gasteiger partial charge on any atom is 0.304 e. The van der Waals surface area contributed by atoms with Crippen molar-refractivity contribution in [2.75, 3.05) is 0 Å². The van der Waals surface area contributed by atoms with E-state index in [4.69, 9.17) is 10.8 Å². The molecule has 2 atom stereocenters. The van der Waals surface area contributed by atoms with E-state index < -0.39 is 27.9 Å². The number of primary amides is 1. The number of nitrogens with two attached hydrogens (primary N) is 1. The highest BCUT2D eigenvalue weighted by molar-refractivity contribution is 7.84. The highest BCUT2D eigenvalue weighted by Crippen LogP contribution is 2.11. The Hall–Kier alpha value is -1.69. The summed E-state index contributed by atoms with van der Waals surface area (Å²) < 4.78 is 11.9. The molecule has 18 heavy (non-hydrogen) atoms. The summed E-state index contributed by atoms with van der Waals surface area (Å²) in [7, 11) is -1.29. The van der Waals surface area contributed by atoms with Gasteiger partial charge in [0.05, 0.1) is 6.42 Å². The fourth-order valence-corrected chi connectivity index (χ4v) is 2.58. The molecule has 0 aliphatic rings. The van der Waals surface area contributed by atoms with Gasteiger partial charge in [-0.1, -0.05) is 19.1 Å². The molecule has 0 radical (unpaired) electrons. The molecule has 0 fully saturated rings. The van der Waals surface area contributed by atoms with Crippen LogP contribution in [0.25, 0.3) is 0 Å². The lowest BCUT2D eigenvalue weighted by molar-refractivity contribution is -0.136. The Morgan fingerprint density at radius 3 is 2.67 bits per heavy atom. The predicted molar refractivity (Wildman–Crippen MR) is 68.5 cm³/mol. The van der Waals surface area contributed by atoms with Crippen LogP contribution in [0, 0.1) is 0 Å². The first kappa shape index (κ1) is 14.4. The SMILES string of the molecule is CC(CC(=O)O)S(=O)Cc1cccc(C(N)=O)c1. The molecule has 1 aromatic carbocycles. The van der Waals surface area contributed by atoms with Crippen molar-refractivity contribution in [2.45, 2.75) is 24.3 Å². The van der Waals surface area contributed by atoms with Gasteiger partial charge in [-0.25, -0.2) is 0 Å². The molecule has 0 saturated carbocycles. The van der Waals surface area contributed by atoms with Crippen molar-refractivity contribution in [1.82, 2.24) is 0 Å². The highest BCUT2D eigenvalue weighted by Gasteiger charge is 2.15. The number of carboxylic acids is 1. The van der Waals surface area contributed by atoms with Gasteiger partial charge in [0.1, 0.15) is 0 Å². The van der Waals surface area contributed by atoms with Crippen LogP contribution in [0.5, 0.6) is 0 Å². The summed E-state index contributed by atoms with van der Waals surface area (Å²) in [5.41, 5.74) is 6.21. The topological polar surface area (TPSA) is 97.5 Å². The molecular weight excluding hydrogens is 254 g/mol. The second kappa shape index (κ2) is 6.30. The van der Waals surface area contributed by atoms with Gasteiger partial charge in [0.2, 0.25) is 5.91 Å². The summed E-state index contributed by atoms with van der Waals surface area (Å²) in [5, 5.41) is 8.19. The van der Waals surface area contributed by atoms with E-state index in [2.05, 4.69) is 0 Å². The third kappa shape index (κ3) is 4.29. The third-order valence-corrected chi connectivity index (χ3v) is 4.11. The van der Waals surface area contributed by atoms with Crippen molar-refractivity contribution in [3.05, 3.63) is 35.4 Å². The minimum absolute atomic E-state index is 0.137. The van der Waals surface area contributed by atoms with Gasteiger partial charge < -0.3 is 10.8 Å². The first-order valence-corrected chi connectivity index (χ1v) is 6.76. The third-order valence-electron chi connectivity index (χ3n) is 2.43. The van der Waals surface area contributed by atoms with Crippen LogP contribution in [0.4, 0.5) is 0 Å². The summed E-state index contributed by atoms with van der Waals surface area (Å²) in [4.78, 5) is 21.5. The minimum atomic E-state index is -1.29. The number of aliphatic carboxylic acids is 1. The zero-order chi connectivity index (χ0) is 13.7. The zero-order valence-corrected chi connectivity index (χ0v) is 10.8. The van der Waals surface area contributed by atoms with E-state index in [1.807, 2.05) is 0 Å². The molecule has 1 aromatic rings. The van der Waals surface area contributed by atoms with Crippen LogP contribution in [-0.4, -0.2) is 26.4 Å². The summed E-state index contributed by atoms with van der Waals surface area (Å²) in [6, 6.07) is 6.55. The molecule has 98 valence electrons. The Morgan fingerprint density at radius 2 is 2.11 bits per heavy atom. The van der Waals surface area contributed by atoms with E-state index in [9.17, 15) is 13.8 Å². The summed E-state index contributed by atoms with van der Waals surface area (Å²) in [5.74, 6) is -1.29. The van der Waals surface area contributed by atoms with Gasteiger partial charge in [-0.15, -0.1) is 0 Å². The minimum Gasteiger partial charge on any atom is -0.481 e. The number of benzene rings is 1. The highest BCUT2D eigenvalue weighted by atomic mass is 32.2. The lowest BCUT2D eigenvalue weighted by Gasteiger charge is -2.09. The molecule has 1 rings (SSSR count). The molecule has 0 aromatic heterocycles. The molecule has 0 heterocycles. The Labute approximate surface area is 107 Å². The van der Waals surface area contributed by atoms with Gasteiger partial charge in [0.25, 0.3) is 0 Å². The van der Waals surface area contributed by atoms with Gasteiger partial charge in [0, 0.05) is 27.4 Å². The summed E-state index contributed by atoms with van der Waals surface area (Å²) >= 11 is 0. The van der Waals surface area contributed by atoms with E-state index in [-0.39, 0.29) is 12.2 Å². The van der Waals surface area contributed by atoms with Crippen LogP contribution in [0.15, 0.2) is 24.3 Å². The molecular formula is C12H15NO4S. The monoisotopic (exact) mass is 269 g/mol. The second-order valence-corrected chi connectivity index (χ2v) is 5.85. The molecule has 0 saturated heterocycles. The fraction of sp³-hybridized carbons (Fsp3) is 0.333. The molecule has 0 spiro atoms. The van der Waals surface area contributed by atoms with E-state index in [1.165, 1.54) is 0 Å². The molecule has 5 nitrogen and oxygen atoms in total. The van der Waals surface area contributed by atoms with Gasteiger partial charge in [-0.2, -0.15) is 0 Å². The maximum atomic E-state index is 11.9. The van der Waals surface area contributed by atoms with Crippen LogP contribution in [0.3, 0.4) is 0 Å². The van der Waals surface area contributed by atoms with E-state index in [0.29, 0.717) is 11.1 Å². The summed E-state index contributed by atoms with van der Waals surface area (Å²) in [6.07, 6.45) is -0.137. The number of hydrogen-bond donors (Lipinski definition) is 2. The average molecular weight is 269 g/mol. The first-order valence-electron chi connectivity index (χ1n) is 5.38. The molecule has 0 aliphatic carbocycles. The van der Waals surface area contributed by atoms with Crippen molar-refractivity contribution in [1.29, 1.82) is 0 Å². The van der Waals surface area contributed by atoms with Crippen molar-refractivity contribution < 1.29 is 18.9 Å². The second-order valence-electron chi connectivity index (χ2n) is 4.00. The predicted octanol–water partition coefficient (Wildman–Crippen LogP) is 0.897. The number of carbonyl (C=O) groups is 2. The quantitative estimate of drug-likeness (QED) is 0.801. The standard InChI is InChI=1S/C12H15NO4S/c1-8(5-11(14)15)18(17)7-9-3-2-4-10(6-9)12(13)16/h2-4,6,8H,5,7H2,1H3,(H2,13,16)(H,14,15). The number of carbonyl (C=O) groups excluding carboxylic acids is 1. The molecule has 0 aliphatic heterocycles. The van der Waals surface area contributed by atoms with Crippen molar-refractivity contribution in [3.63, 3.8) is 0 Å². The maximum absolute atomic E-state index is 11.9. The Morgan fingerprint density at radius 1 is 1.44 bits per heavy atom. The fourth-order valence-electron chi connectivity index (χ4n) is 1.46. The normalized spacial score (nSPS) is 13.8. The number of carboxylic acid groups (broad SMARTS) is 1. The van der Waals surface area contributed by atoms with Crippen molar-refractivity contribution in [3.8, 4) is 0 Å². The van der Waals surface area contributed by atoms with Crippen LogP contribution in [0.2, 0.25) is 0 Å². The average Bonchev–Trinajstić information content (AvgIpc) is 2.28. The number of hydrogen-bond acceptors (Lipinski definition) is 3. The number of amides is 1. The molecule has 0 bridgehead atoms. The van der Waals surface area contributed by atoms with Crippen LogP contribution in [0.1, 0.15) is 29.3 Å². The number of rotatable bonds is 6. The van der Waals surface area contributed by atoms with Gasteiger partial charge in [-0.05, 0) is 17.7 Å². The largest absolute Gasteiger partial charge is 0.481 e. The van der Waals surface area contributed by atoms with Crippen LogP contribution >= 0.6 is 0 Å². The Kier molecular flexibility index (Phi) is 5.03. The van der Waals surface area contributed by atoms with Crippen molar-refractivity contribution in [2.24, 2.45) is 5.73 Å². The van der Waals surface area contributed by atoms with Crippen LogP contribution in [-0.2, 0) is 21.3 Å². The lowest BCUT2D eigenvalue weighted by Crippen LogP contribution is -2.17. The van der Waals surface area contributed by atoms with Gasteiger partial charge in [0.15, 0.2) is 0 Å². The van der Waals surface area contributed by atoms with E-state index >= 15 is 0 Å². The molecule has 1 amide bonds. The first-order chi connectivity index (χ1) is 8.40. The summed E-state index contributed by atoms with van der Waals surface area (Å²) in [6.45, 7) is 1.63. The Balaban J connectivity index is 2.72. The Bertz CT molecular complexity index is 487. The van der Waals surface area contributed by atoms with E-state index in [1.54, 1.807) is 31.2 Å².